The molecule has 0 aromatic heterocycles. The lowest BCUT2D eigenvalue weighted by atomic mass is 9.94. The molecular weight excluding hydrogens is 474 g/mol. The van der Waals surface area contributed by atoms with Crippen LogP contribution in [0.4, 0.5) is 4.79 Å². The molecule has 0 aliphatic carbocycles. The Kier molecular flexibility index (Phi) is 14.0. The molecule has 36 heavy (non-hydrogen) atoms. The molecule has 0 aliphatic heterocycles. The molecule has 2 unspecified atom stereocenters. The minimum absolute atomic E-state index is 0.192. The van der Waals surface area contributed by atoms with Crippen LogP contribution in [-0.2, 0) is 14.3 Å². The van der Waals surface area contributed by atoms with Crippen molar-refractivity contribution in [2.75, 3.05) is 25.1 Å². The zero-order valence-electron chi connectivity index (χ0n) is 23.5. The van der Waals surface area contributed by atoms with Crippen molar-refractivity contribution in [3.63, 3.8) is 0 Å². The number of rotatable bonds is 14. The molecule has 0 radical (unpaired) electrons. The fraction of sp³-hybridized carbons (Fsp3) is 0.679. The standard InChI is InChI=1S/C28H47N3O4S/c1-9-11-12-17-29-25(32)24(22-15-13-14-20(3)21(22)4)31(18-10-2)26(33)23(16-19-36-8)30-27(34)35-28(5,6)7/h13-15,23-24H,9-12,16-19H2,1-8H3,(H,29,32)(H,30,34). The first-order valence-corrected chi connectivity index (χ1v) is 14.5. The van der Waals surface area contributed by atoms with Gasteiger partial charge in [-0.05, 0) is 82.6 Å². The van der Waals surface area contributed by atoms with Crippen molar-refractivity contribution in [1.29, 1.82) is 0 Å². The molecule has 0 heterocycles. The quantitative estimate of drug-likeness (QED) is 0.314. The van der Waals surface area contributed by atoms with E-state index >= 15 is 0 Å². The molecule has 0 fully saturated rings. The summed E-state index contributed by atoms with van der Waals surface area (Å²) in [6, 6.07) is 4.28. The van der Waals surface area contributed by atoms with E-state index in [0.717, 1.165) is 36.0 Å². The maximum Gasteiger partial charge on any atom is 0.408 e. The van der Waals surface area contributed by atoms with Crippen molar-refractivity contribution in [2.45, 2.75) is 98.3 Å². The third kappa shape index (κ3) is 10.4. The maximum absolute atomic E-state index is 14.0. The highest BCUT2D eigenvalue weighted by molar-refractivity contribution is 7.98. The molecular formula is C28H47N3O4S. The van der Waals surface area contributed by atoms with Gasteiger partial charge in [0, 0.05) is 13.1 Å². The van der Waals surface area contributed by atoms with Crippen molar-refractivity contribution < 1.29 is 19.1 Å². The zero-order valence-corrected chi connectivity index (χ0v) is 24.3. The molecule has 0 spiro atoms. The van der Waals surface area contributed by atoms with Gasteiger partial charge in [0.25, 0.3) is 0 Å². The van der Waals surface area contributed by atoms with Gasteiger partial charge in [0.2, 0.25) is 11.8 Å². The van der Waals surface area contributed by atoms with Crippen LogP contribution in [0.1, 0.15) is 89.5 Å². The number of ether oxygens (including phenoxy) is 1. The highest BCUT2D eigenvalue weighted by atomic mass is 32.2. The van der Waals surface area contributed by atoms with Crippen LogP contribution in [0.2, 0.25) is 0 Å². The average molecular weight is 522 g/mol. The molecule has 0 saturated carbocycles. The molecule has 0 bridgehead atoms. The van der Waals surface area contributed by atoms with E-state index in [1.54, 1.807) is 37.4 Å². The van der Waals surface area contributed by atoms with Gasteiger partial charge < -0.3 is 20.3 Å². The smallest absolute Gasteiger partial charge is 0.408 e. The van der Waals surface area contributed by atoms with Gasteiger partial charge in [-0.15, -0.1) is 0 Å². The van der Waals surface area contributed by atoms with Crippen LogP contribution in [-0.4, -0.2) is 59.5 Å². The zero-order chi connectivity index (χ0) is 27.3. The van der Waals surface area contributed by atoms with Gasteiger partial charge in [0.05, 0.1) is 0 Å². The highest BCUT2D eigenvalue weighted by Gasteiger charge is 2.36. The minimum atomic E-state index is -0.792. The maximum atomic E-state index is 14.0. The van der Waals surface area contributed by atoms with Gasteiger partial charge >= 0.3 is 6.09 Å². The van der Waals surface area contributed by atoms with Crippen LogP contribution >= 0.6 is 11.8 Å². The van der Waals surface area contributed by atoms with Gasteiger partial charge in [-0.3, -0.25) is 9.59 Å². The Bertz CT molecular complexity index is 854. The Morgan fingerprint density at radius 1 is 1.08 bits per heavy atom. The van der Waals surface area contributed by atoms with Crippen LogP contribution in [0.3, 0.4) is 0 Å². The van der Waals surface area contributed by atoms with Gasteiger partial charge in [0.1, 0.15) is 17.7 Å². The third-order valence-electron chi connectivity index (χ3n) is 5.93. The number of nitrogens with one attached hydrogen (secondary N) is 2. The lowest BCUT2D eigenvalue weighted by Crippen LogP contribution is -2.53. The number of alkyl carbamates (subject to hydrolysis) is 1. The Morgan fingerprint density at radius 2 is 1.78 bits per heavy atom. The lowest BCUT2D eigenvalue weighted by molar-refractivity contribution is -0.142. The second kappa shape index (κ2) is 15.8. The fourth-order valence-corrected chi connectivity index (χ4v) is 4.43. The summed E-state index contributed by atoms with van der Waals surface area (Å²) in [4.78, 5) is 41.9. The Balaban J connectivity index is 3.40. The Labute approximate surface area is 222 Å². The number of benzene rings is 1. The molecule has 1 rings (SSSR count). The van der Waals surface area contributed by atoms with Crippen LogP contribution in [0.25, 0.3) is 0 Å². The van der Waals surface area contributed by atoms with E-state index in [1.165, 1.54) is 0 Å². The van der Waals surface area contributed by atoms with E-state index in [0.29, 0.717) is 31.7 Å². The summed E-state index contributed by atoms with van der Waals surface area (Å²) in [5, 5.41) is 5.84. The number of nitrogens with zero attached hydrogens (tertiary/aromatic N) is 1. The first kappa shape index (κ1) is 31.8. The minimum Gasteiger partial charge on any atom is -0.444 e. The molecule has 7 nitrogen and oxygen atoms in total. The summed E-state index contributed by atoms with van der Waals surface area (Å²) in [5.74, 6) is 0.220. The van der Waals surface area contributed by atoms with Crippen LogP contribution in [0.15, 0.2) is 18.2 Å². The second-order valence-corrected chi connectivity index (χ2v) is 11.2. The number of hydrogen-bond donors (Lipinski definition) is 2. The van der Waals surface area contributed by atoms with Crippen molar-refractivity contribution in [3.05, 3.63) is 34.9 Å². The number of thioether (sulfide) groups is 1. The third-order valence-corrected chi connectivity index (χ3v) is 6.57. The van der Waals surface area contributed by atoms with E-state index in [1.807, 2.05) is 45.2 Å². The molecule has 0 saturated heterocycles. The van der Waals surface area contributed by atoms with E-state index in [4.69, 9.17) is 4.74 Å². The SMILES string of the molecule is CCCCCNC(=O)C(c1cccc(C)c1C)N(CCC)C(=O)C(CCSC)NC(=O)OC(C)(C)C. The number of amides is 3. The second-order valence-electron chi connectivity index (χ2n) is 10.2. The number of unbranched alkanes of at least 4 members (excludes halogenated alkanes) is 2. The van der Waals surface area contributed by atoms with Gasteiger partial charge in [0.15, 0.2) is 0 Å². The molecule has 0 aliphatic rings. The lowest BCUT2D eigenvalue weighted by Gasteiger charge is -2.35. The molecule has 3 amide bonds. The topological polar surface area (TPSA) is 87.7 Å². The predicted octanol–water partition coefficient (Wildman–Crippen LogP) is 5.54. The summed E-state index contributed by atoms with van der Waals surface area (Å²) in [6.45, 7) is 14.4. The summed E-state index contributed by atoms with van der Waals surface area (Å²) in [6.07, 6.45) is 5.43. The molecule has 204 valence electrons. The first-order valence-electron chi connectivity index (χ1n) is 13.1. The summed E-state index contributed by atoms with van der Waals surface area (Å²) in [7, 11) is 0. The van der Waals surface area contributed by atoms with Gasteiger partial charge in [-0.25, -0.2) is 4.79 Å². The van der Waals surface area contributed by atoms with Crippen LogP contribution < -0.4 is 10.6 Å². The van der Waals surface area contributed by atoms with Crippen molar-refractivity contribution in [1.82, 2.24) is 15.5 Å². The van der Waals surface area contributed by atoms with E-state index in [2.05, 4.69) is 17.6 Å². The number of carbonyl (C=O) groups excluding carboxylic acids is 3. The van der Waals surface area contributed by atoms with Crippen molar-refractivity contribution >= 4 is 29.7 Å². The fourth-order valence-electron chi connectivity index (χ4n) is 3.95. The predicted molar refractivity (Wildman–Crippen MR) is 149 cm³/mol. The van der Waals surface area contributed by atoms with E-state index in [9.17, 15) is 14.4 Å². The molecule has 8 heteroatoms. The molecule has 2 atom stereocenters. The van der Waals surface area contributed by atoms with Crippen molar-refractivity contribution in [3.8, 4) is 0 Å². The van der Waals surface area contributed by atoms with E-state index < -0.39 is 23.8 Å². The largest absolute Gasteiger partial charge is 0.444 e. The summed E-state index contributed by atoms with van der Waals surface area (Å²) < 4.78 is 5.43. The number of hydrogen-bond acceptors (Lipinski definition) is 5. The first-order chi connectivity index (χ1) is 17.0. The average Bonchev–Trinajstić information content (AvgIpc) is 2.80. The molecule has 1 aromatic carbocycles. The summed E-state index contributed by atoms with van der Waals surface area (Å²) >= 11 is 1.60. The van der Waals surface area contributed by atoms with Crippen molar-refractivity contribution in [2.24, 2.45) is 0 Å². The highest BCUT2D eigenvalue weighted by Crippen LogP contribution is 2.28. The van der Waals surface area contributed by atoms with Crippen LogP contribution in [0, 0.1) is 13.8 Å². The number of aryl methyl sites for hydroxylation is 1. The normalized spacial score (nSPS) is 13.0. The van der Waals surface area contributed by atoms with Gasteiger partial charge in [-0.2, -0.15) is 11.8 Å². The monoisotopic (exact) mass is 521 g/mol. The van der Waals surface area contributed by atoms with Gasteiger partial charge in [-0.1, -0.05) is 44.9 Å². The Morgan fingerprint density at radius 3 is 2.36 bits per heavy atom. The van der Waals surface area contributed by atoms with Crippen LogP contribution in [0.5, 0.6) is 0 Å². The Hall–Kier alpha value is -2.22. The molecule has 2 N–H and O–H groups in total. The number of carbonyl (C=O) groups is 3. The summed E-state index contributed by atoms with van der Waals surface area (Å²) in [5.41, 5.74) is 2.18. The molecule has 1 aromatic rings. The van der Waals surface area contributed by atoms with E-state index in [-0.39, 0.29) is 11.8 Å².